The predicted molar refractivity (Wildman–Crippen MR) is 93.3 cm³/mol. The molecule has 1 aliphatic rings. The Bertz CT molecular complexity index is 603. The van der Waals surface area contributed by atoms with Crippen LogP contribution in [0.15, 0.2) is 48.6 Å². The fourth-order valence-corrected chi connectivity index (χ4v) is 3.05. The van der Waals surface area contributed by atoms with Crippen LogP contribution in [0, 0.1) is 11.8 Å². The second-order valence-corrected chi connectivity index (χ2v) is 6.18. The van der Waals surface area contributed by atoms with Crippen LogP contribution in [-0.2, 0) is 9.59 Å². The Morgan fingerprint density at radius 3 is 2.67 bits per heavy atom. The lowest BCUT2D eigenvalue weighted by Gasteiger charge is -2.15. The number of hydrogen-bond donors (Lipinski definition) is 2. The molecule has 128 valence electrons. The van der Waals surface area contributed by atoms with Crippen LogP contribution in [0.2, 0.25) is 0 Å². The fraction of sp³-hybridized carbons (Fsp3) is 0.400. The molecule has 1 fully saturated rings. The molecule has 0 spiro atoms. The predicted octanol–water partition coefficient (Wildman–Crippen LogP) is 3.47. The molecule has 4 heteroatoms. The van der Waals surface area contributed by atoms with E-state index in [1.54, 1.807) is 0 Å². The minimum Gasteiger partial charge on any atom is -0.481 e. The molecular formula is C20H24O4. The molecule has 0 heterocycles. The number of carboxylic acid groups (broad SMARTS) is 1. The number of unbranched alkanes of at least 4 members (excludes halogenated alkanes) is 1. The topological polar surface area (TPSA) is 74.6 Å². The summed E-state index contributed by atoms with van der Waals surface area (Å²) in [5.41, 5.74) is 1.05. The van der Waals surface area contributed by atoms with Gasteiger partial charge in [-0.15, -0.1) is 0 Å². The maximum absolute atomic E-state index is 12.1. The third kappa shape index (κ3) is 5.46. The second kappa shape index (κ2) is 9.18. The van der Waals surface area contributed by atoms with Crippen molar-refractivity contribution in [1.29, 1.82) is 0 Å². The lowest BCUT2D eigenvalue weighted by atomic mass is 9.90. The van der Waals surface area contributed by atoms with Crippen LogP contribution in [0.4, 0.5) is 0 Å². The Hall–Kier alpha value is -2.20. The highest BCUT2D eigenvalue weighted by Crippen LogP contribution is 2.33. The van der Waals surface area contributed by atoms with Gasteiger partial charge in [-0.3, -0.25) is 9.59 Å². The van der Waals surface area contributed by atoms with E-state index in [2.05, 4.69) is 0 Å². The van der Waals surface area contributed by atoms with Crippen LogP contribution >= 0.6 is 0 Å². The van der Waals surface area contributed by atoms with Gasteiger partial charge in [0.05, 0.1) is 6.10 Å². The summed E-state index contributed by atoms with van der Waals surface area (Å²) < 4.78 is 0. The van der Waals surface area contributed by atoms with Gasteiger partial charge >= 0.3 is 5.97 Å². The Labute approximate surface area is 142 Å². The number of allylic oxidation sites excluding steroid dienone is 2. The first-order valence-corrected chi connectivity index (χ1v) is 8.38. The normalized spacial score (nSPS) is 24.2. The summed E-state index contributed by atoms with van der Waals surface area (Å²) in [7, 11) is 0. The number of carbonyl (C=O) groups excluding carboxylic acids is 1. The molecule has 1 aliphatic carbocycles. The zero-order valence-electron chi connectivity index (χ0n) is 13.7. The first-order valence-electron chi connectivity index (χ1n) is 8.38. The number of carboxylic acids is 1. The molecule has 0 aliphatic heterocycles. The van der Waals surface area contributed by atoms with Gasteiger partial charge in [-0.25, -0.2) is 0 Å². The summed E-state index contributed by atoms with van der Waals surface area (Å²) in [6.07, 6.45) is 9.39. The van der Waals surface area contributed by atoms with Gasteiger partial charge in [-0.2, -0.15) is 0 Å². The summed E-state index contributed by atoms with van der Waals surface area (Å²) in [6, 6.07) is 9.82. The molecule has 1 aromatic rings. The van der Waals surface area contributed by atoms with Crippen LogP contribution in [0.3, 0.4) is 0 Å². The zero-order chi connectivity index (χ0) is 17.4. The molecule has 2 rings (SSSR count). The molecular weight excluding hydrogens is 304 g/mol. The van der Waals surface area contributed by atoms with E-state index in [-0.39, 0.29) is 30.5 Å². The monoisotopic (exact) mass is 328 g/mol. The van der Waals surface area contributed by atoms with Gasteiger partial charge in [0.2, 0.25) is 0 Å². The largest absolute Gasteiger partial charge is 0.481 e. The number of aliphatic hydroxyl groups is 1. The molecule has 4 nitrogen and oxygen atoms in total. The van der Waals surface area contributed by atoms with Gasteiger partial charge < -0.3 is 10.2 Å². The molecule has 2 N–H and O–H groups in total. The second-order valence-electron chi connectivity index (χ2n) is 6.18. The van der Waals surface area contributed by atoms with Crippen LogP contribution in [0.25, 0.3) is 6.08 Å². The maximum atomic E-state index is 12.1. The number of rotatable bonds is 8. The highest BCUT2D eigenvalue weighted by Gasteiger charge is 2.38. The smallest absolute Gasteiger partial charge is 0.303 e. The zero-order valence-corrected chi connectivity index (χ0v) is 13.7. The summed E-state index contributed by atoms with van der Waals surface area (Å²) in [6.45, 7) is 0. The van der Waals surface area contributed by atoms with Crippen LogP contribution < -0.4 is 0 Å². The number of aliphatic hydroxyl groups excluding tert-OH is 1. The van der Waals surface area contributed by atoms with Gasteiger partial charge in [0.1, 0.15) is 5.78 Å². The number of benzene rings is 1. The van der Waals surface area contributed by atoms with E-state index in [0.717, 1.165) is 5.56 Å². The highest BCUT2D eigenvalue weighted by atomic mass is 16.4. The minimum atomic E-state index is -0.788. The van der Waals surface area contributed by atoms with Crippen molar-refractivity contribution in [3.05, 3.63) is 54.1 Å². The van der Waals surface area contributed by atoms with Crippen molar-refractivity contribution in [3.63, 3.8) is 0 Å². The average Bonchev–Trinajstić information content (AvgIpc) is 2.83. The SMILES string of the molecule is O=C(O)CCCC=CC[C@H]1C(=O)C[C@@H](O)[C@@H]1C=Cc1ccccc1. The number of hydrogen-bond acceptors (Lipinski definition) is 3. The first kappa shape index (κ1) is 18.1. The van der Waals surface area contributed by atoms with Crippen molar-refractivity contribution in [2.45, 2.75) is 38.2 Å². The van der Waals surface area contributed by atoms with Crippen LogP contribution in [0.5, 0.6) is 0 Å². The highest BCUT2D eigenvalue weighted by molar-refractivity contribution is 5.85. The van der Waals surface area contributed by atoms with E-state index in [9.17, 15) is 14.7 Å². The van der Waals surface area contributed by atoms with E-state index < -0.39 is 12.1 Å². The third-order valence-corrected chi connectivity index (χ3v) is 4.36. The number of ketones is 1. The van der Waals surface area contributed by atoms with Crippen LogP contribution in [-0.4, -0.2) is 28.1 Å². The summed E-state index contributed by atoms with van der Waals surface area (Å²) in [4.78, 5) is 22.6. The van der Waals surface area contributed by atoms with E-state index in [1.807, 2.05) is 54.6 Å². The quantitative estimate of drug-likeness (QED) is 0.566. The van der Waals surface area contributed by atoms with Gasteiger partial charge in [-0.1, -0.05) is 54.6 Å². The van der Waals surface area contributed by atoms with Crippen LogP contribution in [0.1, 0.15) is 37.7 Å². The van der Waals surface area contributed by atoms with Gasteiger partial charge in [0, 0.05) is 24.7 Å². The first-order chi connectivity index (χ1) is 11.6. The lowest BCUT2D eigenvalue weighted by molar-refractivity contribution is -0.137. The van der Waals surface area contributed by atoms with E-state index in [0.29, 0.717) is 19.3 Å². The van der Waals surface area contributed by atoms with Crippen molar-refractivity contribution in [3.8, 4) is 0 Å². The Balaban J connectivity index is 1.91. The molecule has 0 amide bonds. The molecule has 1 saturated carbocycles. The molecule has 0 radical (unpaired) electrons. The molecule has 0 bridgehead atoms. The van der Waals surface area contributed by atoms with E-state index in [4.69, 9.17) is 5.11 Å². The Morgan fingerprint density at radius 2 is 1.96 bits per heavy atom. The van der Waals surface area contributed by atoms with Crippen molar-refractivity contribution >= 4 is 17.8 Å². The average molecular weight is 328 g/mol. The minimum absolute atomic E-state index is 0.0976. The Kier molecular flexibility index (Phi) is 6.94. The molecule has 0 saturated heterocycles. The molecule has 1 aromatic carbocycles. The van der Waals surface area contributed by atoms with E-state index in [1.165, 1.54) is 0 Å². The molecule has 3 atom stereocenters. The summed E-state index contributed by atoms with van der Waals surface area (Å²) in [5.74, 6) is -1.05. The fourth-order valence-electron chi connectivity index (χ4n) is 3.05. The standard InChI is InChI=1S/C20H24O4/c21-18-14-19(22)17(13-12-15-8-4-3-5-9-15)16(18)10-6-1-2-7-11-20(23)24/h1,3-6,8-9,12-13,16-17,19,22H,2,7,10-11,14H2,(H,23,24)/t16-,17-,19-/m1/s1. The third-order valence-electron chi connectivity index (χ3n) is 4.36. The van der Waals surface area contributed by atoms with Gasteiger partial charge in [-0.05, 0) is 24.8 Å². The number of Topliss-reactive ketones (excluding diaryl/α,β-unsaturated/α-hetero) is 1. The van der Waals surface area contributed by atoms with Gasteiger partial charge in [0.15, 0.2) is 0 Å². The number of aliphatic carboxylic acids is 1. The number of carbonyl (C=O) groups is 2. The van der Waals surface area contributed by atoms with Crippen molar-refractivity contribution in [1.82, 2.24) is 0 Å². The lowest BCUT2D eigenvalue weighted by Crippen LogP contribution is -2.17. The van der Waals surface area contributed by atoms with Crippen molar-refractivity contribution in [2.75, 3.05) is 0 Å². The van der Waals surface area contributed by atoms with E-state index >= 15 is 0 Å². The maximum Gasteiger partial charge on any atom is 0.303 e. The van der Waals surface area contributed by atoms with Crippen molar-refractivity contribution < 1.29 is 19.8 Å². The molecule has 24 heavy (non-hydrogen) atoms. The summed E-state index contributed by atoms with van der Waals surface area (Å²) in [5, 5.41) is 18.7. The Morgan fingerprint density at radius 1 is 1.21 bits per heavy atom. The molecule has 0 aromatic heterocycles. The summed E-state index contributed by atoms with van der Waals surface area (Å²) >= 11 is 0. The van der Waals surface area contributed by atoms with Gasteiger partial charge in [0.25, 0.3) is 0 Å². The van der Waals surface area contributed by atoms with Crippen molar-refractivity contribution in [2.24, 2.45) is 11.8 Å². The molecule has 0 unspecified atom stereocenters.